The van der Waals surface area contributed by atoms with E-state index in [-0.39, 0.29) is 5.92 Å². The smallest absolute Gasteiger partial charge is 0.170 e. The van der Waals surface area contributed by atoms with Gasteiger partial charge in [0.2, 0.25) is 0 Å². The van der Waals surface area contributed by atoms with Crippen LogP contribution in [0.15, 0.2) is 17.0 Å². The van der Waals surface area contributed by atoms with Crippen molar-refractivity contribution in [3.05, 3.63) is 34.2 Å². The minimum atomic E-state index is 0.126. The van der Waals surface area contributed by atoms with Gasteiger partial charge < -0.3 is 0 Å². The molecule has 0 bridgehead atoms. The van der Waals surface area contributed by atoms with E-state index in [1.807, 2.05) is 18.7 Å². The van der Waals surface area contributed by atoms with E-state index in [4.69, 9.17) is 4.98 Å². The number of hydrogen-bond donors (Lipinski definition) is 0. The number of rotatable bonds is 3. The van der Waals surface area contributed by atoms with Crippen LogP contribution in [0, 0.1) is 13.8 Å². The van der Waals surface area contributed by atoms with Crippen molar-refractivity contribution in [2.45, 2.75) is 33.2 Å². The Hall–Kier alpha value is -2.29. The summed E-state index contributed by atoms with van der Waals surface area (Å²) < 4.78 is 6.50. The third-order valence-electron chi connectivity index (χ3n) is 4.27. The van der Waals surface area contributed by atoms with E-state index in [0.29, 0.717) is 0 Å². The Kier molecular flexibility index (Phi) is 3.41. The summed E-state index contributed by atoms with van der Waals surface area (Å²) in [5.74, 6) is 0.901. The molecule has 124 valence electrons. The zero-order valence-corrected chi connectivity index (χ0v) is 15.5. The Balaban J connectivity index is 1.73. The Morgan fingerprint density at radius 2 is 2.00 bits per heavy atom. The first-order valence-corrected chi connectivity index (χ1v) is 8.47. The fourth-order valence-electron chi connectivity index (χ4n) is 2.86. The molecule has 0 saturated carbocycles. The Morgan fingerprint density at radius 1 is 1.21 bits per heavy atom. The summed E-state index contributed by atoms with van der Waals surface area (Å²) in [6, 6.07) is 0. The molecule has 4 aromatic heterocycles. The zero-order chi connectivity index (χ0) is 17.0. The van der Waals surface area contributed by atoms with Crippen molar-refractivity contribution in [3.8, 4) is 0 Å². The molecule has 0 radical (unpaired) electrons. The van der Waals surface area contributed by atoms with E-state index >= 15 is 0 Å². The van der Waals surface area contributed by atoms with Crippen LogP contribution in [0.3, 0.4) is 0 Å². The van der Waals surface area contributed by atoms with Crippen molar-refractivity contribution in [1.29, 1.82) is 0 Å². The van der Waals surface area contributed by atoms with Gasteiger partial charge in [0.1, 0.15) is 6.33 Å². The summed E-state index contributed by atoms with van der Waals surface area (Å²) in [5.41, 5.74) is 3.68. The van der Waals surface area contributed by atoms with Gasteiger partial charge in [-0.05, 0) is 29.8 Å². The molecule has 0 aromatic carbocycles. The maximum atomic E-state index is 4.71. The van der Waals surface area contributed by atoms with Gasteiger partial charge in [0, 0.05) is 18.7 Å². The lowest BCUT2D eigenvalue weighted by Crippen LogP contribution is -2.10. The number of halogens is 1. The third-order valence-corrected chi connectivity index (χ3v) is 5.41. The van der Waals surface area contributed by atoms with Crippen LogP contribution < -0.4 is 0 Å². The van der Waals surface area contributed by atoms with Gasteiger partial charge >= 0.3 is 0 Å². The van der Waals surface area contributed by atoms with Gasteiger partial charge in [-0.25, -0.2) is 14.5 Å². The molecule has 0 aliphatic heterocycles. The Labute approximate surface area is 146 Å². The lowest BCUT2D eigenvalue weighted by atomic mass is 10.1. The number of aromatic nitrogens is 8. The van der Waals surface area contributed by atoms with Crippen LogP contribution in [-0.4, -0.2) is 39.1 Å². The quantitative estimate of drug-likeness (QED) is 0.538. The van der Waals surface area contributed by atoms with Gasteiger partial charge in [-0.15, -0.1) is 5.10 Å². The second kappa shape index (κ2) is 5.37. The lowest BCUT2D eigenvalue weighted by molar-refractivity contribution is 0.512. The molecule has 4 aromatic rings. The SMILES string of the molecule is Cc1nn(CC(C)c2nc3c4cnn(C)c4ncn3n2)c(C)c1Br. The molecule has 4 heterocycles. The molecule has 1 atom stereocenters. The topological polar surface area (TPSA) is 78.7 Å². The van der Waals surface area contributed by atoms with E-state index in [2.05, 4.69) is 50.1 Å². The van der Waals surface area contributed by atoms with Gasteiger partial charge in [0.15, 0.2) is 17.1 Å². The van der Waals surface area contributed by atoms with E-state index in [0.717, 1.165) is 44.9 Å². The highest BCUT2D eigenvalue weighted by Crippen LogP contribution is 2.23. The third kappa shape index (κ3) is 2.22. The fraction of sp³-hybridized carbons (Fsp3) is 0.400. The predicted octanol–water partition coefficient (Wildman–Crippen LogP) is 2.39. The van der Waals surface area contributed by atoms with Crippen molar-refractivity contribution in [2.75, 3.05) is 0 Å². The largest absolute Gasteiger partial charge is 0.268 e. The van der Waals surface area contributed by atoms with Crippen LogP contribution >= 0.6 is 15.9 Å². The number of hydrogen-bond acceptors (Lipinski definition) is 5. The fourth-order valence-corrected chi connectivity index (χ4v) is 3.14. The normalized spacial score (nSPS) is 13.2. The van der Waals surface area contributed by atoms with Crippen molar-refractivity contribution < 1.29 is 0 Å². The van der Waals surface area contributed by atoms with Gasteiger partial charge in [-0.3, -0.25) is 9.36 Å². The van der Waals surface area contributed by atoms with Gasteiger partial charge in [-0.1, -0.05) is 6.92 Å². The highest BCUT2D eigenvalue weighted by Gasteiger charge is 2.18. The minimum absolute atomic E-state index is 0.126. The van der Waals surface area contributed by atoms with Crippen molar-refractivity contribution in [3.63, 3.8) is 0 Å². The molecular formula is C15H17BrN8. The summed E-state index contributed by atoms with van der Waals surface area (Å²) in [4.78, 5) is 9.11. The molecular weight excluding hydrogens is 372 g/mol. The zero-order valence-electron chi connectivity index (χ0n) is 13.9. The standard InChI is InChI=1S/C15H17BrN8/c1-8(6-23-10(3)12(16)9(2)20-23)13-19-15-11-5-18-22(4)14(11)17-7-24(15)21-13/h5,7-8H,6H2,1-4H3. The summed E-state index contributed by atoms with van der Waals surface area (Å²) in [6.07, 6.45) is 3.46. The molecule has 0 aliphatic rings. The first-order valence-electron chi connectivity index (χ1n) is 7.68. The molecule has 24 heavy (non-hydrogen) atoms. The molecule has 0 fully saturated rings. The van der Waals surface area contributed by atoms with Crippen LogP contribution in [0.2, 0.25) is 0 Å². The van der Waals surface area contributed by atoms with Crippen LogP contribution in [0.5, 0.6) is 0 Å². The molecule has 0 saturated heterocycles. The average molecular weight is 389 g/mol. The van der Waals surface area contributed by atoms with E-state index in [1.54, 1.807) is 21.7 Å². The summed E-state index contributed by atoms with van der Waals surface area (Å²) in [5, 5.41) is 14.3. The average Bonchev–Trinajstić information content (AvgIpc) is 3.21. The molecule has 0 spiro atoms. The Morgan fingerprint density at radius 3 is 2.71 bits per heavy atom. The minimum Gasteiger partial charge on any atom is -0.268 e. The highest BCUT2D eigenvalue weighted by atomic mass is 79.9. The Bertz CT molecular complexity index is 1060. The molecule has 0 N–H and O–H groups in total. The molecule has 1 unspecified atom stereocenters. The first kappa shape index (κ1) is 15.3. The van der Waals surface area contributed by atoms with Crippen LogP contribution in [0.4, 0.5) is 0 Å². The van der Waals surface area contributed by atoms with Crippen molar-refractivity contribution in [2.24, 2.45) is 7.05 Å². The second-order valence-corrected chi connectivity index (χ2v) is 6.85. The first-order chi connectivity index (χ1) is 11.5. The molecule has 9 heteroatoms. The molecule has 4 rings (SSSR count). The van der Waals surface area contributed by atoms with Crippen LogP contribution in [0.25, 0.3) is 16.7 Å². The second-order valence-electron chi connectivity index (χ2n) is 6.06. The molecule has 8 nitrogen and oxygen atoms in total. The van der Waals surface area contributed by atoms with Gasteiger partial charge in [-0.2, -0.15) is 10.2 Å². The summed E-state index contributed by atoms with van der Waals surface area (Å²) in [7, 11) is 1.87. The highest BCUT2D eigenvalue weighted by molar-refractivity contribution is 9.10. The van der Waals surface area contributed by atoms with E-state index in [1.165, 1.54) is 0 Å². The van der Waals surface area contributed by atoms with Gasteiger partial charge in [0.05, 0.1) is 28.3 Å². The predicted molar refractivity (Wildman–Crippen MR) is 92.9 cm³/mol. The number of aryl methyl sites for hydroxylation is 2. The molecule has 0 amide bonds. The number of fused-ring (bicyclic) bond motifs is 3. The summed E-state index contributed by atoms with van der Waals surface area (Å²) >= 11 is 3.57. The summed E-state index contributed by atoms with van der Waals surface area (Å²) in [6.45, 7) is 6.87. The van der Waals surface area contributed by atoms with Crippen molar-refractivity contribution >= 4 is 32.6 Å². The molecule has 0 aliphatic carbocycles. The maximum Gasteiger partial charge on any atom is 0.170 e. The van der Waals surface area contributed by atoms with Crippen LogP contribution in [-0.2, 0) is 13.6 Å². The van der Waals surface area contributed by atoms with Crippen molar-refractivity contribution in [1.82, 2.24) is 39.1 Å². The van der Waals surface area contributed by atoms with E-state index in [9.17, 15) is 0 Å². The van der Waals surface area contributed by atoms with Gasteiger partial charge in [0.25, 0.3) is 0 Å². The number of nitrogens with zero attached hydrogens (tertiary/aromatic N) is 8. The van der Waals surface area contributed by atoms with Crippen LogP contribution in [0.1, 0.15) is 30.1 Å². The van der Waals surface area contributed by atoms with E-state index < -0.39 is 0 Å². The monoisotopic (exact) mass is 388 g/mol. The lowest BCUT2D eigenvalue weighted by Gasteiger charge is -2.09. The maximum absolute atomic E-state index is 4.71.